The standard InChI is InChI=1S/C18H20N2O3/c1-11(2)23-15-9-8-12(10-16(15)22-3)17-19-14-7-5-4-6-13(14)18(21)20-17/h4-11,17,19H,1-3H3,(H,20,21)/t17-/m1/s1. The molecule has 1 heterocycles. The second kappa shape index (κ2) is 6.20. The fraction of sp³-hybridized carbons (Fsp3) is 0.278. The average molecular weight is 312 g/mol. The summed E-state index contributed by atoms with van der Waals surface area (Å²) in [5, 5.41) is 6.28. The summed E-state index contributed by atoms with van der Waals surface area (Å²) in [6.45, 7) is 3.93. The molecule has 5 heteroatoms. The van der Waals surface area contributed by atoms with Crippen LogP contribution in [-0.4, -0.2) is 19.1 Å². The predicted molar refractivity (Wildman–Crippen MR) is 89.0 cm³/mol. The van der Waals surface area contributed by atoms with Gasteiger partial charge in [0.2, 0.25) is 0 Å². The number of hydrogen-bond acceptors (Lipinski definition) is 4. The Bertz CT molecular complexity index is 728. The van der Waals surface area contributed by atoms with Gasteiger partial charge in [-0.2, -0.15) is 0 Å². The summed E-state index contributed by atoms with van der Waals surface area (Å²) in [5.74, 6) is 1.24. The highest BCUT2D eigenvalue weighted by Gasteiger charge is 2.24. The van der Waals surface area contributed by atoms with Crippen LogP contribution in [0.4, 0.5) is 5.69 Å². The van der Waals surface area contributed by atoms with Crippen LogP contribution in [-0.2, 0) is 0 Å². The van der Waals surface area contributed by atoms with E-state index in [9.17, 15) is 4.79 Å². The van der Waals surface area contributed by atoms with Crippen LogP contribution in [0.2, 0.25) is 0 Å². The summed E-state index contributed by atoms with van der Waals surface area (Å²) in [7, 11) is 1.61. The van der Waals surface area contributed by atoms with Crippen molar-refractivity contribution in [2.45, 2.75) is 26.1 Å². The first-order chi connectivity index (χ1) is 11.1. The molecule has 0 spiro atoms. The van der Waals surface area contributed by atoms with E-state index in [1.165, 1.54) is 0 Å². The number of carbonyl (C=O) groups is 1. The van der Waals surface area contributed by atoms with Crippen LogP contribution in [0.5, 0.6) is 11.5 Å². The van der Waals surface area contributed by atoms with E-state index in [0.29, 0.717) is 17.1 Å². The van der Waals surface area contributed by atoms with E-state index < -0.39 is 0 Å². The third-order valence-corrected chi connectivity index (χ3v) is 3.63. The molecule has 0 radical (unpaired) electrons. The minimum Gasteiger partial charge on any atom is -0.493 e. The van der Waals surface area contributed by atoms with E-state index in [0.717, 1.165) is 11.3 Å². The van der Waals surface area contributed by atoms with Gasteiger partial charge in [0.1, 0.15) is 6.17 Å². The van der Waals surface area contributed by atoms with Crippen molar-refractivity contribution in [1.82, 2.24) is 5.32 Å². The molecule has 3 rings (SSSR count). The molecule has 0 saturated carbocycles. The van der Waals surface area contributed by atoms with Gasteiger partial charge in [-0.05, 0) is 43.7 Å². The zero-order valence-corrected chi connectivity index (χ0v) is 13.4. The normalized spacial score (nSPS) is 16.3. The Balaban J connectivity index is 1.89. The molecule has 0 aromatic heterocycles. The Morgan fingerprint density at radius 2 is 1.83 bits per heavy atom. The summed E-state index contributed by atoms with van der Waals surface area (Å²) in [5.41, 5.74) is 2.37. The van der Waals surface area contributed by atoms with Crippen LogP contribution < -0.4 is 20.1 Å². The van der Waals surface area contributed by atoms with Gasteiger partial charge in [-0.1, -0.05) is 18.2 Å². The zero-order valence-electron chi connectivity index (χ0n) is 13.4. The highest BCUT2D eigenvalue weighted by molar-refractivity contribution is 6.01. The second-order valence-electron chi connectivity index (χ2n) is 5.67. The molecule has 1 aliphatic rings. The fourth-order valence-electron chi connectivity index (χ4n) is 2.59. The average Bonchev–Trinajstić information content (AvgIpc) is 2.54. The van der Waals surface area contributed by atoms with Gasteiger partial charge < -0.3 is 20.1 Å². The van der Waals surface area contributed by atoms with Gasteiger partial charge in [0.15, 0.2) is 11.5 Å². The van der Waals surface area contributed by atoms with Crippen LogP contribution in [0.15, 0.2) is 42.5 Å². The van der Waals surface area contributed by atoms with Crippen molar-refractivity contribution >= 4 is 11.6 Å². The molecule has 0 fully saturated rings. The number of hydrogen-bond donors (Lipinski definition) is 2. The molecule has 1 aliphatic heterocycles. The molecule has 1 amide bonds. The van der Waals surface area contributed by atoms with Crippen LogP contribution >= 0.6 is 0 Å². The second-order valence-corrected chi connectivity index (χ2v) is 5.67. The molecule has 23 heavy (non-hydrogen) atoms. The molecule has 0 aliphatic carbocycles. The lowest BCUT2D eigenvalue weighted by Crippen LogP contribution is -2.38. The Hall–Kier alpha value is -2.69. The van der Waals surface area contributed by atoms with Gasteiger partial charge in [0, 0.05) is 5.69 Å². The van der Waals surface area contributed by atoms with Gasteiger partial charge in [-0.3, -0.25) is 4.79 Å². The topological polar surface area (TPSA) is 59.6 Å². The number of benzene rings is 2. The van der Waals surface area contributed by atoms with Crippen molar-refractivity contribution in [3.8, 4) is 11.5 Å². The molecule has 2 aromatic rings. The number of para-hydroxylation sites is 1. The molecule has 0 unspecified atom stereocenters. The quantitative estimate of drug-likeness (QED) is 0.909. The van der Waals surface area contributed by atoms with Crippen molar-refractivity contribution in [1.29, 1.82) is 0 Å². The van der Waals surface area contributed by atoms with Crippen molar-refractivity contribution in [2.24, 2.45) is 0 Å². The summed E-state index contributed by atoms with van der Waals surface area (Å²) >= 11 is 0. The number of nitrogens with one attached hydrogen (secondary N) is 2. The van der Waals surface area contributed by atoms with E-state index in [1.54, 1.807) is 13.2 Å². The number of carbonyl (C=O) groups excluding carboxylic acids is 1. The maximum atomic E-state index is 12.2. The first-order valence-electron chi connectivity index (χ1n) is 7.59. The maximum Gasteiger partial charge on any atom is 0.255 e. The number of amides is 1. The predicted octanol–water partition coefficient (Wildman–Crippen LogP) is 3.34. The third kappa shape index (κ3) is 3.08. The molecular formula is C18H20N2O3. The van der Waals surface area contributed by atoms with Crippen molar-refractivity contribution in [3.05, 3.63) is 53.6 Å². The highest BCUT2D eigenvalue weighted by atomic mass is 16.5. The number of anilines is 1. The largest absolute Gasteiger partial charge is 0.493 e. The molecule has 120 valence electrons. The molecule has 0 bridgehead atoms. The summed E-state index contributed by atoms with van der Waals surface area (Å²) < 4.78 is 11.1. The minimum atomic E-state index is -0.306. The summed E-state index contributed by atoms with van der Waals surface area (Å²) in [4.78, 5) is 12.2. The summed E-state index contributed by atoms with van der Waals surface area (Å²) in [6.07, 6.45) is -0.242. The van der Waals surface area contributed by atoms with E-state index in [2.05, 4.69) is 10.6 Å². The first-order valence-corrected chi connectivity index (χ1v) is 7.59. The van der Waals surface area contributed by atoms with Gasteiger partial charge >= 0.3 is 0 Å². The highest BCUT2D eigenvalue weighted by Crippen LogP contribution is 2.33. The van der Waals surface area contributed by atoms with E-state index in [4.69, 9.17) is 9.47 Å². The van der Waals surface area contributed by atoms with Crippen LogP contribution in [0.25, 0.3) is 0 Å². The number of ether oxygens (including phenoxy) is 2. The first kappa shape index (κ1) is 15.2. The van der Waals surface area contributed by atoms with Gasteiger partial charge in [-0.15, -0.1) is 0 Å². The Morgan fingerprint density at radius 3 is 2.57 bits per heavy atom. The smallest absolute Gasteiger partial charge is 0.255 e. The third-order valence-electron chi connectivity index (χ3n) is 3.63. The Labute approximate surface area is 135 Å². The molecule has 0 saturated heterocycles. The van der Waals surface area contributed by atoms with Gasteiger partial charge in [0.25, 0.3) is 5.91 Å². The van der Waals surface area contributed by atoms with Crippen LogP contribution in [0.3, 0.4) is 0 Å². The zero-order chi connectivity index (χ0) is 16.4. The molecule has 2 N–H and O–H groups in total. The lowest BCUT2D eigenvalue weighted by molar-refractivity contribution is 0.0935. The van der Waals surface area contributed by atoms with Crippen molar-refractivity contribution < 1.29 is 14.3 Å². The van der Waals surface area contributed by atoms with Crippen molar-refractivity contribution in [3.63, 3.8) is 0 Å². The lowest BCUT2D eigenvalue weighted by Gasteiger charge is -2.28. The van der Waals surface area contributed by atoms with Crippen LogP contribution in [0, 0.1) is 0 Å². The van der Waals surface area contributed by atoms with E-state index in [-0.39, 0.29) is 18.2 Å². The molecule has 5 nitrogen and oxygen atoms in total. The molecule has 2 aromatic carbocycles. The minimum absolute atomic E-state index is 0.0640. The van der Waals surface area contributed by atoms with E-state index in [1.807, 2.05) is 50.2 Å². The number of rotatable bonds is 4. The number of methoxy groups -OCH3 is 1. The van der Waals surface area contributed by atoms with Crippen molar-refractivity contribution in [2.75, 3.05) is 12.4 Å². The van der Waals surface area contributed by atoms with Gasteiger partial charge in [-0.25, -0.2) is 0 Å². The van der Waals surface area contributed by atoms with E-state index >= 15 is 0 Å². The molecule has 1 atom stereocenters. The molecular weight excluding hydrogens is 292 g/mol. The maximum absolute atomic E-state index is 12.2. The Kier molecular flexibility index (Phi) is 4.10. The Morgan fingerprint density at radius 1 is 1.04 bits per heavy atom. The van der Waals surface area contributed by atoms with Crippen LogP contribution in [0.1, 0.15) is 35.9 Å². The fourth-order valence-corrected chi connectivity index (χ4v) is 2.59. The monoisotopic (exact) mass is 312 g/mol. The lowest BCUT2D eigenvalue weighted by atomic mass is 10.1. The number of fused-ring (bicyclic) bond motifs is 1. The SMILES string of the molecule is COc1cc([C@H]2NC(=O)c3ccccc3N2)ccc1OC(C)C. The summed E-state index contributed by atoms with van der Waals surface area (Å²) in [6, 6.07) is 13.1. The van der Waals surface area contributed by atoms with Gasteiger partial charge in [0.05, 0.1) is 18.8 Å².